The summed E-state index contributed by atoms with van der Waals surface area (Å²) >= 11 is 3.53. The highest BCUT2D eigenvalue weighted by Gasteiger charge is 2.30. The van der Waals surface area contributed by atoms with Crippen LogP contribution in [0.5, 0.6) is 0 Å². The quantitative estimate of drug-likeness (QED) is 0.901. The molecule has 4 heteroatoms. The number of nitrogens with zero attached hydrogens (tertiary/aromatic N) is 1. The van der Waals surface area contributed by atoms with E-state index in [1.54, 1.807) is 0 Å². The SMILES string of the molecule is O=C(CCC1CCNC1)N1CCCC1c1cccc(Br)c1. The van der Waals surface area contributed by atoms with E-state index in [0.717, 1.165) is 43.4 Å². The van der Waals surface area contributed by atoms with Gasteiger partial charge in [-0.3, -0.25) is 4.79 Å². The lowest BCUT2D eigenvalue weighted by Gasteiger charge is -2.26. The van der Waals surface area contributed by atoms with E-state index in [1.807, 2.05) is 6.07 Å². The summed E-state index contributed by atoms with van der Waals surface area (Å²) in [6.07, 6.45) is 5.17. The van der Waals surface area contributed by atoms with Crippen LogP contribution in [0.3, 0.4) is 0 Å². The van der Waals surface area contributed by atoms with Gasteiger partial charge in [0.1, 0.15) is 0 Å². The summed E-state index contributed by atoms with van der Waals surface area (Å²) < 4.78 is 1.09. The van der Waals surface area contributed by atoms with Crippen LogP contribution >= 0.6 is 15.9 Å². The third-order valence-electron chi connectivity index (χ3n) is 4.74. The topological polar surface area (TPSA) is 32.3 Å². The number of hydrogen-bond acceptors (Lipinski definition) is 2. The predicted octanol–water partition coefficient (Wildman–Crippen LogP) is 3.50. The van der Waals surface area contributed by atoms with Crippen molar-refractivity contribution in [3.05, 3.63) is 34.3 Å². The molecule has 2 unspecified atom stereocenters. The van der Waals surface area contributed by atoms with Gasteiger partial charge >= 0.3 is 0 Å². The van der Waals surface area contributed by atoms with Gasteiger partial charge in [0.15, 0.2) is 0 Å². The molecule has 0 saturated carbocycles. The van der Waals surface area contributed by atoms with E-state index in [0.29, 0.717) is 18.2 Å². The van der Waals surface area contributed by atoms with E-state index in [1.165, 1.54) is 12.0 Å². The van der Waals surface area contributed by atoms with Crippen LogP contribution in [-0.4, -0.2) is 30.4 Å². The molecule has 0 aromatic heterocycles. The Morgan fingerprint density at radius 1 is 1.38 bits per heavy atom. The second-order valence-corrected chi connectivity index (χ2v) is 7.11. The number of carbonyl (C=O) groups excluding carboxylic acids is 1. The van der Waals surface area contributed by atoms with E-state index in [2.05, 4.69) is 44.3 Å². The maximum atomic E-state index is 12.6. The molecule has 114 valence electrons. The number of amides is 1. The van der Waals surface area contributed by atoms with Crippen molar-refractivity contribution >= 4 is 21.8 Å². The van der Waals surface area contributed by atoms with Crippen molar-refractivity contribution in [2.45, 2.75) is 38.1 Å². The summed E-state index contributed by atoms with van der Waals surface area (Å²) in [6.45, 7) is 3.12. The third kappa shape index (κ3) is 3.67. The number of likely N-dealkylation sites (tertiary alicyclic amines) is 1. The van der Waals surface area contributed by atoms with Crippen molar-refractivity contribution in [1.82, 2.24) is 10.2 Å². The van der Waals surface area contributed by atoms with Gasteiger partial charge in [-0.25, -0.2) is 0 Å². The van der Waals surface area contributed by atoms with Crippen molar-refractivity contribution in [2.75, 3.05) is 19.6 Å². The number of nitrogens with one attached hydrogen (secondary N) is 1. The van der Waals surface area contributed by atoms with Crippen LogP contribution < -0.4 is 5.32 Å². The van der Waals surface area contributed by atoms with Crippen LogP contribution in [-0.2, 0) is 4.79 Å². The van der Waals surface area contributed by atoms with Gasteiger partial charge in [-0.1, -0.05) is 28.1 Å². The van der Waals surface area contributed by atoms with Crippen LogP contribution in [0.2, 0.25) is 0 Å². The fourth-order valence-corrected chi connectivity index (χ4v) is 3.97. The molecule has 0 bridgehead atoms. The minimum absolute atomic E-state index is 0.275. The maximum absolute atomic E-state index is 12.6. The minimum atomic E-state index is 0.275. The molecule has 3 rings (SSSR count). The smallest absolute Gasteiger partial charge is 0.223 e. The van der Waals surface area contributed by atoms with Gasteiger partial charge in [0.05, 0.1) is 6.04 Å². The monoisotopic (exact) mass is 350 g/mol. The van der Waals surface area contributed by atoms with E-state index in [-0.39, 0.29) is 6.04 Å². The number of carbonyl (C=O) groups is 1. The van der Waals surface area contributed by atoms with Crippen LogP contribution in [0.1, 0.15) is 43.7 Å². The molecule has 0 spiro atoms. The first-order valence-corrected chi connectivity index (χ1v) is 8.79. The van der Waals surface area contributed by atoms with Gasteiger partial charge < -0.3 is 10.2 Å². The van der Waals surface area contributed by atoms with Gasteiger partial charge in [0.25, 0.3) is 0 Å². The fourth-order valence-electron chi connectivity index (χ4n) is 3.56. The Hall–Kier alpha value is -0.870. The molecule has 2 fully saturated rings. The molecule has 1 aromatic rings. The highest BCUT2D eigenvalue weighted by Crippen LogP contribution is 2.34. The Balaban J connectivity index is 1.61. The fraction of sp³-hybridized carbons (Fsp3) is 0.588. The maximum Gasteiger partial charge on any atom is 0.223 e. The van der Waals surface area contributed by atoms with Crippen molar-refractivity contribution in [2.24, 2.45) is 5.92 Å². The van der Waals surface area contributed by atoms with Gasteiger partial charge in [0, 0.05) is 17.4 Å². The van der Waals surface area contributed by atoms with Crippen LogP contribution in [0, 0.1) is 5.92 Å². The predicted molar refractivity (Wildman–Crippen MR) is 88.0 cm³/mol. The molecule has 0 aliphatic carbocycles. The molecule has 0 radical (unpaired) electrons. The molecular formula is C17H23BrN2O. The third-order valence-corrected chi connectivity index (χ3v) is 5.23. The second kappa shape index (κ2) is 6.93. The highest BCUT2D eigenvalue weighted by atomic mass is 79.9. The molecule has 2 aliphatic heterocycles. The van der Waals surface area contributed by atoms with Gasteiger partial charge in [-0.15, -0.1) is 0 Å². The zero-order valence-corrected chi connectivity index (χ0v) is 13.9. The minimum Gasteiger partial charge on any atom is -0.336 e. The number of halogens is 1. The number of benzene rings is 1. The van der Waals surface area contributed by atoms with Gasteiger partial charge in [-0.05, 0) is 62.4 Å². The molecule has 1 aromatic carbocycles. The van der Waals surface area contributed by atoms with E-state index in [4.69, 9.17) is 0 Å². The Kier molecular flexibility index (Phi) is 4.96. The normalized spacial score (nSPS) is 25.5. The second-order valence-electron chi connectivity index (χ2n) is 6.20. The Morgan fingerprint density at radius 3 is 3.05 bits per heavy atom. The van der Waals surface area contributed by atoms with Gasteiger partial charge in [0.2, 0.25) is 5.91 Å². The van der Waals surface area contributed by atoms with Crippen molar-refractivity contribution in [3.8, 4) is 0 Å². The molecule has 2 saturated heterocycles. The molecular weight excluding hydrogens is 328 g/mol. The Labute approximate surface area is 135 Å². The average molecular weight is 351 g/mol. The first-order valence-electron chi connectivity index (χ1n) is 7.99. The van der Waals surface area contributed by atoms with Crippen LogP contribution in [0.15, 0.2) is 28.7 Å². The summed E-state index contributed by atoms with van der Waals surface area (Å²) in [5.41, 5.74) is 1.26. The molecule has 1 amide bonds. The van der Waals surface area contributed by atoms with E-state index < -0.39 is 0 Å². The summed E-state index contributed by atoms with van der Waals surface area (Å²) in [7, 11) is 0. The number of hydrogen-bond donors (Lipinski definition) is 1. The molecule has 21 heavy (non-hydrogen) atoms. The van der Waals surface area contributed by atoms with E-state index in [9.17, 15) is 4.79 Å². The lowest BCUT2D eigenvalue weighted by Crippen LogP contribution is -2.30. The summed E-state index contributed by atoms with van der Waals surface area (Å²) in [5, 5.41) is 3.38. The lowest BCUT2D eigenvalue weighted by molar-refractivity contribution is -0.132. The van der Waals surface area contributed by atoms with Crippen LogP contribution in [0.4, 0.5) is 0 Å². The van der Waals surface area contributed by atoms with Crippen molar-refractivity contribution < 1.29 is 4.79 Å². The highest BCUT2D eigenvalue weighted by molar-refractivity contribution is 9.10. The molecule has 1 N–H and O–H groups in total. The molecule has 2 aliphatic rings. The lowest BCUT2D eigenvalue weighted by atomic mass is 10.0. The zero-order valence-electron chi connectivity index (χ0n) is 12.4. The standard InChI is InChI=1S/C17H23BrN2O/c18-15-4-1-3-14(11-15)16-5-2-10-20(16)17(21)7-6-13-8-9-19-12-13/h1,3-4,11,13,16,19H,2,5-10,12H2. The Bertz CT molecular complexity index is 499. The van der Waals surface area contributed by atoms with E-state index >= 15 is 0 Å². The van der Waals surface area contributed by atoms with Gasteiger partial charge in [-0.2, -0.15) is 0 Å². The van der Waals surface area contributed by atoms with Crippen molar-refractivity contribution in [3.63, 3.8) is 0 Å². The summed E-state index contributed by atoms with van der Waals surface area (Å²) in [6, 6.07) is 8.66. The average Bonchev–Trinajstić information content (AvgIpc) is 3.16. The first-order chi connectivity index (χ1) is 10.2. The van der Waals surface area contributed by atoms with Crippen LogP contribution in [0.25, 0.3) is 0 Å². The summed E-state index contributed by atoms with van der Waals surface area (Å²) in [4.78, 5) is 14.7. The molecule has 3 nitrogen and oxygen atoms in total. The van der Waals surface area contributed by atoms with Crippen molar-refractivity contribution in [1.29, 1.82) is 0 Å². The first kappa shape index (κ1) is 15.0. The zero-order chi connectivity index (χ0) is 14.7. The Morgan fingerprint density at radius 2 is 2.29 bits per heavy atom. The largest absolute Gasteiger partial charge is 0.336 e. The molecule has 2 heterocycles. The summed E-state index contributed by atoms with van der Waals surface area (Å²) in [5.74, 6) is 1.03. The molecule has 2 atom stereocenters. The number of rotatable bonds is 4.